The molecule has 4 rings (SSSR count). The second kappa shape index (κ2) is 11.2. The van der Waals surface area contributed by atoms with E-state index in [1.54, 1.807) is 25.3 Å². The highest BCUT2D eigenvalue weighted by atomic mass is 16.5. The monoisotopic (exact) mass is 476 g/mol. The predicted octanol–water partition coefficient (Wildman–Crippen LogP) is 2.80. The Morgan fingerprint density at radius 1 is 1.23 bits per heavy atom. The molecule has 2 aromatic carbocycles. The number of carbonyl (C=O) groups is 1. The van der Waals surface area contributed by atoms with Crippen molar-refractivity contribution in [2.75, 3.05) is 52.3 Å². The number of aliphatic imine (C=N–C) groups is 2. The molecular formula is C26H32N6O3. The summed E-state index contributed by atoms with van der Waals surface area (Å²) >= 11 is 0. The van der Waals surface area contributed by atoms with E-state index in [4.69, 9.17) is 20.2 Å². The molecule has 9 heteroatoms. The third kappa shape index (κ3) is 5.52. The van der Waals surface area contributed by atoms with E-state index >= 15 is 0 Å². The highest BCUT2D eigenvalue weighted by molar-refractivity contribution is 6.45. The molecule has 2 aliphatic heterocycles. The number of benzene rings is 2. The van der Waals surface area contributed by atoms with E-state index in [1.807, 2.05) is 43.5 Å². The maximum Gasteiger partial charge on any atom is 0.253 e. The van der Waals surface area contributed by atoms with Crippen LogP contribution in [0, 0.1) is 6.92 Å². The van der Waals surface area contributed by atoms with Crippen LogP contribution in [0.4, 0.5) is 5.69 Å². The van der Waals surface area contributed by atoms with Gasteiger partial charge in [0, 0.05) is 43.8 Å². The van der Waals surface area contributed by atoms with Crippen LogP contribution in [0.15, 0.2) is 64.8 Å². The summed E-state index contributed by atoms with van der Waals surface area (Å²) in [6.45, 7) is 4.50. The molecule has 0 bridgehead atoms. The van der Waals surface area contributed by atoms with Gasteiger partial charge in [-0.15, -0.1) is 0 Å². The van der Waals surface area contributed by atoms with Crippen LogP contribution in [-0.4, -0.2) is 74.4 Å². The summed E-state index contributed by atoms with van der Waals surface area (Å²) in [5, 5.41) is 3.38. The summed E-state index contributed by atoms with van der Waals surface area (Å²) in [5.41, 5.74) is 8.97. The van der Waals surface area contributed by atoms with E-state index in [-0.39, 0.29) is 11.9 Å². The Kier molecular flexibility index (Phi) is 7.79. The molecule has 0 aromatic heterocycles. The SMILES string of the molecule is COc1ccc(C2CN=C3C(Nc4ccc(C(=O)N(C)CCOCCN)c(C)c4)=NC=CN32)cc1. The van der Waals surface area contributed by atoms with Crippen molar-refractivity contribution in [2.24, 2.45) is 15.7 Å². The predicted molar refractivity (Wildman–Crippen MR) is 138 cm³/mol. The van der Waals surface area contributed by atoms with Crippen LogP contribution in [0.25, 0.3) is 0 Å². The lowest BCUT2D eigenvalue weighted by atomic mass is 10.1. The van der Waals surface area contributed by atoms with Crippen molar-refractivity contribution < 1.29 is 14.3 Å². The topological polar surface area (TPSA) is 105 Å². The third-order valence-electron chi connectivity index (χ3n) is 6.04. The minimum Gasteiger partial charge on any atom is -0.497 e. The number of nitrogens with one attached hydrogen (secondary N) is 1. The summed E-state index contributed by atoms with van der Waals surface area (Å²) in [7, 11) is 3.44. The Morgan fingerprint density at radius 3 is 2.74 bits per heavy atom. The normalized spacial score (nSPS) is 16.5. The van der Waals surface area contributed by atoms with Crippen molar-refractivity contribution >= 4 is 23.3 Å². The summed E-state index contributed by atoms with van der Waals surface area (Å²) in [4.78, 5) is 25.9. The van der Waals surface area contributed by atoms with Gasteiger partial charge in [-0.05, 0) is 48.4 Å². The first-order chi connectivity index (χ1) is 17.0. The number of aryl methyl sites for hydroxylation is 1. The molecule has 0 saturated heterocycles. The molecule has 0 radical (unpaired) electrons. The van der Waals surface area contributed by atoms with Gasteiger partial charge >= 0.3 is 0 Å². The van der Waals surface area contributed by atoms with Crippen LogP contribution >= 0.6 is 0 Å². The zero-order chi connectivity index (χ0) is 24.8. The first-order valence-electron chi connectivity index (χ1n) is 11.6. The molecule has 3 N–H and O–H groups in total. The van der Waals surface area contributed by atoms with Gasteiger partial charge in [0.15, 0.2) is 11.7 Å². The van der Waals surface area contributed by atoms with Gasteiger partial charge in [0.25, 0.3) is 5.91 Å². The average molecular weight is 477 g/mol. The number of ether oxygens (including phenoxy) is 2. The van der Waals surface area contributed by atoms with Gasteiger partial charge in [-0.2, -0.15) is 0 Å². The molecule has 0 aliphatic carbocycles. The number of nitrogens with zero attached hydrogens (tertiary/aromatic N) is 4. The maximum atomic E-state index is 12.9. The first kappa shape index (κ1) is 24.4. The Bertz CT molecular complexity index is 1140. The van der Waals surface area contributed by atoms with Crippen LogP contribution in [0.5, 0.6) is 5.75 Å². The standard InChI is InChI=1S/C26H32N6O3/c1-18-16-20(6-9-22(18)26(33)31(2)13-15-35-14-10-27)30-24-25-29-17-23(32(25)12-11-28-24)19-4-7-21(34-3)8-5-19/h4-9,11-12,16,23H,10,13-15,17,27H2,1-3H3,(H,28,30). The largest absolute Gasteiger partial charge is 0.497 e. The smallest absolute Gasteiger partial charge is 0.253 e. The van der Waals surface area contributed by atoms with E-state index in [2.05, 4.69) is 27.3 Å². The fourth-order valence-electron chi connectivity index (χ4n) is 4.09. The molecule has 0 spiro atoms. The molecular weight excluding hydrogens is 444 g/mol. The Hall–Kier alpha value is -3.69. The lowest BCUT2D eigenvalue weighted by Gasteiger charge is -2.27. The molecule has 35 heavy (non-hydrogen) atoms. The molecule has 2 heterocycles. The van der Waals surface area contributed by atoms with Gasteiger partial charge < -0.3 is 30.3 Å². The number of nitrogens with two attached hydrogens (primary N) is 1. The van der Waals surface area contributed by atoms with Crippen molar-refractivity contribution in [3.8, 4) is 5.75 Å². The molecule has 1 unspecified atom stereocenters. The Labute approximate surface area is 205 Å². The van der Waals surface area contributed by atoms with Crippen LogP contribution in [-0.2, 0) is 4.74 Å². The van der Waals surface area contributed by atoms with Gasteiger partial charge in [-0.3, -0.25) is 9.79 Å². The van der Waals surface area contributed by atoms with Crippen molar-refractivity contribution in [1.82, 2.24) is 9.80 Å². The van der Waals surface area contributed by atoms with Crippen molar-refractivity contribution in [3.05, 3.63) is 71.6 Å². The number of fused-ring (bicyclic) bond motifs is 1. The molecule has 1 amide bonds. The first-order valence-corrected chi connectivity index (χ1v) is 11.6. The molecule has 2 aliphatic rings. The van der Waals surface area contributed by atoms with Gasteiger partial charge in [-0.1, -0.05) is 12.1 Å². The number of methoxy groups -OCH3 is 1. The van der Waals surface area contributed by atoms with E-state index in [0.717, 1.165) is 28.4 Å². The number of anilines is 1. The summed E-state index contributed by atoms with van der Waals surface area (Å²) < 4.78 is 10.7. The van der Waals surface area contributed by atoms with E-state index < -0.39 is 0 Å². The van der Waals surface area contributed by atoms with Crippen LogP contribution < -0.4 is 15.8 Å². The highest BCUT2D eigenvalue weighted by Gasteiger charge is 2.32. The number of amidine groups is 2. The summed E-state index contributed by atoms with van der Waals surface area (Å²) in [6.07, 6.45) is 3.72. The van der Waals surface area contributed by atoms with E-state index in [0.29, 0.717) is 44.2 Å². The van der Waals surface area contributed by atoms with Crippen molar-refractivity contribution in [1.29, 1.82) is 0 Å². The van der Waals surface area contributed by atoms with Crippen LogP contribution in [0.3, 0.4) is 0 Å². The summed E-state index contributed by atoms with van der Waals surface area (Å²) in [6, 6.07) is 13.8. The quantitative estimate of drug-likeness (QED) is 0.540. The Morgan fingerprint density at radius 2 is 2.03 bits per heavy atom. The second-order valence-corrected chi connectivity index (χ2v) is 8.42. The maximum absolute atomic E-state index is 12.9. The van der Waals surface area contributed by atoms with Gasteiger partial charge in [0.1, 0.15) is 5.75 Å². The number of hydrogen-bond acceptors (Lipinski definition) is 8. The second-order valence-electron chi connectivity index (χ2n) is 8.42. The van der Waals surface area contributed by atoms with Crippen LogP contribution in [0.1, 0.15) is 27.5 Å². The number of likely N-dealkylation sites (N-methyl/N-ethyl adjacent to an activating group) is 1. The number of rotatable bonds is 9. The lowest BCUT2D eigenvalue weighted by Crippen LogP contribution is -2.37. The molecule has 0 saturated carbocycles. The van der Waals surface area contributed by atoms with Crippen LogP contribution in [0.2, 0.25) is 0 Å². The minimum atomic E-state index is -0.0444. The van der Waals surface area contributed by atoms with Gasteiger partial charge in [0.05, 0.1) is 32.9 Å². The minimum absolute atomic E-state index is 0.0444. The molecule has 184 valence electrons. The van der Waals surface area contributed by atoms with Gasteiger partial charge in [0.2, 0.25) is 0 Å². The number of carbonyl (C=O) groups excluding carboxylic acids is 1. The fraction of sp³-hybridized carbons (Fsp3) is 0.346. The Balaban J connectivity index is 1.41. The van der Waals surface area contributed by atoms with Crippen molar-refractivity contribution in [2.45, 2.75) is 13.0 Å². The summed E-state index contributed by atoms with van der Waals surface area (Å²) in [5.74, 6) is 2.26. The van der Waals surface area contributed by atoms with Gasteiger partial charge in [-0.25, -0.2) is 4.99 Å². The lowest BCUT2D eigenvalue weighted by molar-refractivity contribution is 0.0703. The number of amides is 1. The molecule has 2 aromatic rings. The zero-order valence-electron chi connectivity index (χ0n) is 20.4. The average Bonchev–Trinajstić information content (AvgIpc) is 3.31. The van der Waals surface area contributed by atoms with E-state index in [1.165, 1.54) is 0 Å². The molecule has 0 fully saturated rings. The zero-order valence-corrected chi connectivity index (χ0v) is 20.4. The highest BCUT2D eigenvalue weighted by Crippen LogP contribution is 2.30. The van der Waals surface area contributed by atoms with E-state index in [9.17, 15) is 4.79 Å². The van der Waals surface area contributed by atoms with Crippen molar-refractivity contribution in [3.63, 3.8) is 0 Å². The fourth-order valence-corrected chi connectivity index (χ4v) is 4.09. The molecule has 1 atom stereocenters. The molecule has 9 nitrogen and oxygen atoms in total. The third-order valence-corrected chi connectivity index (χ3v) is 6.04. The number of hydrogen-bond donors (Lipinski definition) is 2.